The predicted molar refractivity (Wildman–Crippen MR) is 47.4 cm³/mol. The van der Waals surface area contributed by atoms with Gasteiger partial charge in [0.05, 0.1) is 12.7 Å². The maximum Gasteiger partial charge on any atom is 0.186 e. The van der Waals surface area contributed by atoms with Crippen LogP contribution in [0.5, 0.6) is 0 Å². The fraction of sp³-hybridized carbons (Fsp3) is 1.00. The number of hydrogen-bond donors (Lipinski definition) is 4. The molecule has 0 aromatic heterocycles. The number of nitrogens with two attached hydrogens (primary N) is 1. The SMILES string of the molecule is CC1OC(OCCN)C(O)[C@@H](O)[C@@H]1O. The highest BCUT2D eigenvalue weighted by atomic mass is 16.7. The molecule has 84 valence electrons. The largest absolute Gasteiger partial charge is 0.388 e. The molecule has 3 unspecified atom stereocenters. The highest BCUT2D eigenvalue weighted by molar-refractivity contribution is 4.87. The molecule has 14 heavy (non-hydrogen) atoms. The van der Waals surface area contributed by atoms with E-state index >= 15 is 0 Å². The van der Waals surface area contributed by atoms with Gasteiger partial charge in [-0.05, 0) is 6.92 Å². The third-order valence-corrected chi connectivity index (χ3v) is 2.21. The smallest absolute Gasteiger partial charge is 0.186 e. The minimum Gasteiger partial charge on any atom is -0.388 e. The Morgan fingerprint density at radius 2 is 1.86 bits per heavy atom. The second kappa shape index (κ2) is 5.01. The van der Waals surface area contributed by atoms with Crippen LogP contribution in [0.25, 0.3) is 0 Å². The normalized spacial score (nSPS) is 43.9. The Hall–Kier alpha value is -0.240. The standard InChI is InChI=1S/C8H17NO5/c1-4-5(10)6(11)7(12)8(14-4)13-3-2-9/h4-8,10-12H,2-3,9H2,1H3/t4?,5-,6+,7?,8?/m1/s1. The number of hydrogen-bond acceptors (Lipinski definition) is 6. The maximum absolute atomic E-state index is 9.45. The summed E-state index contributed by atoms with van der Waals surface area (Å²) in [5.74, 6) is 0. The zero-order chi connectivity index (χ0) is 10.7. The van der Waals surface area contributed by atoms with E-state index in [0.717, 1.165) is 0 Å². The van der Waals surface area contributed by atoms with Crippen LogP contribution >= 0.6 is 0 Å². The van der Waals surface area contributed by atoms with Gasteiger partial charge in [-0.1, -0.05) is 0 Å². The molecule has 1 fully saturated rings. The first kappa shape index (κ1) is 11.8. The highest BCUT2D eigenvalue weighted by Crippen LogP contribution is 2.21. The number of aliphatic hydroxyl groups is 3. The van der Waals surface area contributed by atoms with Crippen molar-refractivity contribution in [2.24, 2.45) is 5.73 Å². The predicted octanol–water partition coefficient (Wildman–Crippen LogP) is -2.21. The molecule has 5 N–H and O–H groups in total. The van der Waals surface area contributed by atoms with Crippen LogP contribution in [0.3, 0.4) is 0 Å². The first-order valence-electron chi connectivity index (χ1n) is 4.59. The van der Waals surface area contributed by atoms with Gasteiger partial charge < -0.3 is 30.5 Å². The molecule has 1 aliphatic rings. The third kappa shape index (κ3) is 2.41. The van der Waals surface area contributed by atoms with Crippen LogP contribution in [-0.4, -0.2) is 59.2 Å². The van der Waals surface area contributed by atoms with Gasteiger partial charge in [-0.2, -0.15) is 0 Å². The summed E-state index contributed by atoms with van der Waals surface area (Å²) in [5, 5.41) is 28.2. The van der Waals surface area contributed by atoms with Gasteiger partial charge in [0.1, 0.15) is 18.3 Å². The second-order valence-electron chi connectivity index (χ2n) is 3.34. The monoisotopic (exact) mass is 207 g/mol. The van der Waals surface area contributed by atoms with E-state index in [1.54, 1.807) is 6.92 Å². The van der Waals surface area contributed by atoms with E-state index in [9.17, 15) is 15.3 Å². The van der Waals surface area contributed by atoms with E-state index in [1.165, 1.54) is 0 Å². The highest BCUT2D eigenvalue weighted by Gasteiger charge is 2.42. The minimum absolute atomic E-state index is 0.233. The van der Waals surface area contributed by atoms with Gasteiger partial charge in [0.15, 0.2) is 6.29 Å². The van der Waals surface area contributed by atoms with E-state index < -0.39 is 30.7 Å². The molecule has 0 radical (unpaired) electrons. The van der Waals surface area contributed by atoms with Crippen molar-refractivity contribution in [2.75, 3.05) is 13.2 Å². The van der Waals surface area contributed by atoms with Gasteiger partial charge in [0.25, 0.3) is 0 Å². The molecule has 6 nitrogen and oxygen atoms in total. The molecule has 1 rings (SSSR count). The van der Waals surface area contributed by atoms with Crippen LogP contribution in [0.4, 0.5) is 0 Å². The molecular formula is C8H17NO5. The van der Waals surface area contributed by atoms with Gasteiger partial charge in [-0.25, -0.2) is 0 Å². The molecule has 6 heteroatoms. The lowest BCUT2D eigenvalue weighted by atomic mass is 10.0. The molecule has 0 amide bonds. The van der Waals surface area contributed by atoms with Crippen LogP contribution in [0.2, 0.25) is 0 Å². The summed E-state index contributed by atoms with van der Waals surface area (Å²) in [4.78, 5) is 0. The van der Waals surface area contributed by atoms with Gasteiger partial charge in [0.2, 0.25) is 0 Å². The Morgan fingerprint density at radius 1 is 1.21 bits per heavy atom. The fourth-order valence-electron chi connectivity index (χ4n) is 1.34. The molecular weight excluding hydrogens is 190 g/mol. The molecule has 0 bridgehead atoms. The van der Waals surface area contributed by atoms with Crippen LogP contribution in [-0.2, 0) is 9.47 Å². The first-order chi connectivity index (χ1) is 6.57. The van der Waals surface area contributed by atoms with Crippen LogP contribution in [0.15, 0.2) is 0 Å². The molecule has 0 aromatic carbocycles. The zero-order valence-corrected chi connectivity index (χ0v) is 8.04. The van der Waals surface area contributed by atoms with E-state index in [-0.39, 0.29) is 6.61 Å². The van der Waals surface area contributed by atoms with E-state index in [2.05, 4.69) is 0 Å². The van der Waals surface area contributed by atoms with Crippen LogP contribution < -0.4 is 5.73 Å². The number of rotatable bonds is 3. The molecule has 0 saturated carbocycles. The average Bonchev–Trinajstić information content (AvgIpc) is 2.18. The van der Waals surface area contributed by atoms with Gasteiger partial charge in [-0.15, -0.1) is 0 Å². The maximum atomic E-state index is 9.45. The molecule has 5 atom stereocenters. The number of ether oxygens (including phenoxy) is 2. The zero-order valence-electron chi connectivity index (χ0n) is 8.04. The van der Waals surface area contributed by atoms with E-state index in [4.69, 9.17) is 15.2 Å². The van der Waals surface area contributed by atoms with Crippen molar-refractivity contribution >= 4 is 0 Å². The Kier molecular flexibility index (Phi) is 4.24. The Labute approximate surface area is 82.2 Å². The molecule has 1 heterocycles. The first-order valence-corrected chi connectivity index (χ1v) is 4.59. The average molecular weight is 207 g/mol. The molecule has 0 spiro atoms. The lowest BCUT2D eigenvalue weighted by molar-refractivity contribution is -0.292. The van der Waals surface area contributed by atoms with Crippen molar-refractivity contribution in [1.82, 2.24) is 0 Å². The van der Waals surface area contributed by atoms with Gasteiger partial charge in [-0.3, -0.25) is 0 Å². The van der Waals surface area contributed by atoms with Crippen LogP contribution in [0.1, 0.15) is 6.92 Å². The Bertz CT molecular complexity index is 179. The molecule has 0 aromatic rings. The summed E-state index contributed by atoms with van der Waals surface area (Å²) in [6.07, 6.45) is -5.08. The summed E-state index contributed by atoms with van der Waals surface area (Å²) in [6.45, 7) is 2.13. The molecule has 1 saturated heterocycles. The second-order valence-corrected chi connectivity index (χ2v) is 3.34. The summed E-state index contributed by atoms with van der Waals surface area (Å²) < 4.78 is 10.2. The third-order valence-electron chi connectivity index (χ3n) is 2.21. The van der Waals surface area contributed by atoms with E-state index in [0.29, 0.717) is 6.54 Å². The van der Waals surface area contributed by atoms with E-state index in [1.807, 2.05) is 0 Å². The van der Waals surface area contributed by atoms with Crippen molar-refractivity contribution < 1.29 is 24.8 Å². The lowest BCUT2D eigenvalue weighted by Gasteiger charge is -2.38. The summed E-state index contributed by atoms with van der Waals surface area (Å²) >= 11 is 0. The van der Waals surface area contributed by atoms with Crippen molar-refractivity contribution in [3.05, 3.63) is 0 Å². The van der Waals surface area contributed by atoms with Crippen molar-refractivity contribution in [1.29, 1.82) is 0 Å². The van der Waals surface area contributed by atoms with Crippen molar-refractivity contribution in [3.8, 4) is 0 Å². The summed E-state index contributed by atoms with van der Waals surface area (Å²) in [7, 11) is 0. The van der Waals surface area contributed by atoms with Gasteiger partial charge >= 0.3 is 0 Å². The molecule has 1 aliphatic heterocycles. The summed E-state index contributed by atoms with van der Waals surface area (Å²) in [5.41, 5.74) is 5.21. The summed E-state index contributed by atoms with van der Waals surface area (Å²) in [6, 6.07) is 0. The Balaban J connectivity index is 2.52. The van der Waals surface area contributed by atoms with Crippen molar-refractivity contribution in [2.45, 2.75) is 37.6 Å². The molecule has 0 aliphatic carbocycles. The lowest BCUT2D eigenvalue weighted by Crippen LogP contribution is -2.57. The van der Waals surface area contributed by atoms with Crippen LogP contribution in [0, 0.1) is 0 Å². The Morgan fingerprint density at radius 3 is 2.43 bits per heavy atom. The number of aliphatic hydroxyl groups excluding tert-OH is 3. The quantitative estimate of drug-likeness (QED) is 0.418. The topological polar surface area (TPSA) is 105 Å². The minimum atomic E-state index is -1.25. The van der Waals surface area contributed by atoms with Crippen molar-refractivity contribution in [3.63, 3.8) is 0 Å². The fourth-order valence-corrected chi connectivity index (χ4v) is 1.34. The van der Waals surface area contributed by atoms with Gasteiger partial charge in [0, 0.05) is 6.54 Å².